The normalized spacial score (nSPS) is 21.6. The number of benzene rings is 1. The highest BCUT2D eigenvalue weighted by Gasteiger charge is 2.42. The number of carbonyl (C=O) groups excluding carboxylic acids is 3. The molecule has 6 heteroatoms. The largest absolute Gasteiger partial charge is 0.466 e. The van der Waals surface area contributed by atoms with E-state index in [-0.39, 0.29) is 36.7 Å². The number of hydrogen-bond acceptors (Lipinski definition) is 5. The summed E-state index contributed by atoms with van der Waals surface area (Å²) in [6.07, 6.45) is 3.80. The van der Waals surface area contributed by atoms with Gasteiger partial charge in [-0.3, -0.25) is 19.3 Å². The SMILES string of the molecule is CCOC(=O)Cc1ccc(N2C(=O)C[C@H](N3CCCCC3)C2=O)cc1. The van der Waals surface area contributed by atoms with Crippen LogP contribution >= 0.6 is 0 Å². The average Bonchev–Trinajstić information content (AvgIpc) is 2.91. The summed E-state index contributed by atoms with van der Waals surface area (Å²) in [5.41, 5.74) is 1.37. The van der Waals surface area contributed by atoms with Crippen LogP contribution in [0.15, 0.2) is 24.3 Å². The van der Waals surface area contributed by atoms with E-state index in [2.05, 4.69) is 4.90 Å². The van der Waals surface area contributed by atoms with E-state index in [0.717, 1.165) is 31.5 Å². The Balaban J connectivity index is 1.69. The maximum absolute atomic E-state index is 12.8. The Morgan fingerprint density at radius 3 is 2.44 bits per heavy atom. The lowest BCUT2D eigenvalue weighted by molar-refractivity contribution is -0.142. The summed E-state index contributed by atoms with van der Waals surface area (Å²) in [5, 5.41) is 0. The fraction of sp³-hybridized carbons (Fsp3) is 0.526. The molecule has 0 radical (unpaired) electrons. The van der Waals surface area contributed by atoms with Gasteiger partial charge < -0.3 is 4.74 Å². The molecule has 0 aromatic heterocycles. The van der Waals surface area contributed by atoms with Crippen LogP contribution in [0, 0.1) is 0 Å². The van der Waals surface area contributed by atoms with Crippen molar-refractivity contribution < 1.29 is 19.1 Å². The molecule has 0 N–H and O–H groups in total. The molecule has 3 rings (SSSR count). The fourth-order valence-electron chi connectivity index (χ4n) is 3.54. The van der Waals surface area contributed by atoms with Crippen molar-refractivity contribution in [1.29, 1.82) is 0 Å². The van der Waals surface area contributed by atoms with Gasteiger partial charge in [-0.1, -0.05) is 18.6 Å². The van der Waals surface area contributed by atoms with Crippen LogP contribution in [0.4, 0.5) is 5.69 Å². The lowest BCUT2D eigenvalue weighted by Gasteiger charge is -2.30. The first-order chi connectivity index (χ1) is 12.1. The fourth-order valence-corrected chi connectivity index (χ4v) is 3.54. The zero-order valence-electron chi connectivity index (χ0n) is 14.6. The monoisotopic (exact) mass is 344 g/mol. The van der Waals surface area contributed by atoms with E-state index in [1.54, 1.807) is 31.2 Å². The van der Waals surface area contributed by atoms with Crippen LogP contribution in [-0.4, -0.2) is 48.4 Å². The van der Waals surface area contributed by atoms with Crippen LogP contribution in [0.5, 0.6) is 0 Å². The van der Waals surface area contributed by atoms with Gasteiger partial charge in [0, 0.05) is 0 Å². The maximum Gasteiger partial charge on any atom is 0.310 e. The van der Waals surface area contributed by atoms with Crippen LogP contribution in [0.2, 0.25) is 0 Å². The summed E-state index contributed by atoms with van der Waals surface area (Å²) >= 11 is 0. The summed E-state index contributed by atoms with van der Waals surface area (Å²) in [5.74, 6) is -0.572. The van der Waals surface area contributed by atoms with Crippen LogP contribution < -0.4 is 4.90 Å². The number of carbonyl (C=O) groups is 3. The first kappa shape index (κ1) is 17.6. The summed E-state index contributed by atoms with van der Waals surface area (Å²) < 4.78 is 4.93. The van der Waals surface area contributed by atoms with Crippen molar-refractivity contribution in [2.75, 3.05) is 24.6 Å². The molecule has 2 aliphatic rings. The molecule has 1 atom stereocenters. The van der Waals surface area contributed by atoms with Gasteiger partial charge in [0.2, 0.25) is 5.91 Å². The molecule has 0 unspecified atom stereocenters. The van der Waals surface area contributed by atoms with E-state index in [1.165, 1.54) is 11.3 Å². The van der Waals surface area contributed by atoms with Gasteiger partial charge in [-0.2, -0.15) is 0 Å². The maximum atomic E-state index is 12.8. The molecule has 6 nitrogen and oxygen atoms in total. The lowest BCUT2D eigenvalue weighted by atomic mass is 10.1. The highest BCUT2D eigenvalue weighted by atomic mass is 16.5. The number of hydrogen-bond donors (Lipinski definition) is 0. The topological polar surface area (TPSA) is 66.9 Å². The number of ether oxygens (including phenoxy) is 1. The van der Waals surface area contributed by atoms with Gasteiger partial charge in [-0.05, 0) is 50.6 Å². The number of nitrogens with zero attached hydrogens (tertiary/aromatic N) is 2. The van der Waals surface area contributed by atoms with Crippen LogP contribution in [0.1, 0.15) is 38.2 Å². The molecular formula is C19H24N2O4. The predicted octanol–water partition coefficient (Wildman–Crippen LogP) is 1.91. The standard InChI is InChI=1S/C19H24N2O4/c1-2-25-18(23)12-14-6-8-15(9-7-14)21-17(22)13-16(19(21)24)20-10-4-3-5-11-20/h6-9,16H,2-5,10-13H2,1H3/t16-/m0/s1. The van der Waals surface area contributed by atoms with Gasteiger partial charge >= 0.3 is 5.97 Å². The molecule has 2 fully saturated rings. The van der Waals surface area contributed by atoms with E-state index in [9.17, 15) is 14.4 Å². The molecular weight excluding hydrogens is 320 g/mol. The van der Waals surface area contributed by atoms with Crippen LogP contribution in [0.25, 0.3) is 0 Å². The third kappa shape index (κ3) is 3.90. The molecule has 0 aliphatic carbocycles. The van der Waals surface area contributed by atoms with E-state index >= 15 is 0 Å². The third-order valence-corrected chi connectivity index (χ3v) is 4.80. The van der Waals surface area contributed by atoms with Gasteiger partial charge in [-0.15, -0.1) is 0 Å². The molecule has 2 aliphatic heterocycles. The van der Waals surface area contributed by atoms with Crippen molar-refractivity contribution in [2.45, 2.75) is 45.1 Å². The Hall–Kier alpha value is -2.21. The molecule has 2 amide bonds. The van der Waals surface area contributed by atoms with E-state index in [0.29, 0.717) is 12.3 Å². The second-order valence-corrected chi connectivity index (χ2v) is 6.53. The Labute approximate surface area is 147 Å². The number of anilines is 1. The summed E-state index contributed by atoms with van der Waals surface area (Å²) in [6.45, 7) is 3.89. The third-order valence-electron chi connectivity index (χ3n) is 4.80. The Bertz CT molecular complexity index is 650. The molecule has 1 aromatic rings. The number of piperidine rings is 1. The van der Waals surface area contributed by atoms with Crippen molar-refractivity contribution in [3.05, 3.63) is 29.8 Å². The molecule has 134 valence electrons. The highest BCUT2D eigenvalue weighted by Crippen LogP contribution is 2.27. The predicted molar refractivity (Wildman–Crippen MR) is 93.1 cm³/mol. The van der Waals surface area contributed by atoms with Crippen molar-refractivity contribution in [2.24, 2.45) is 0 Å². The van der Waals surface area contributed by atoms with Gasteiger partial charge in [0.1, 0.15) is 0 Å². The first-order valence-electron chi connectivity index (χ1n) is 8.95. The second-order valence-electron chi connectivity index (χ2n) is 6.53. The molecule has 2 saturated heterocycles. The smallest absolute Gasteiger partial charge is 0.310 e. The number of imide groups is 1. The van der Waals surface area contributed by atoms with Gasteiger partial charge in [0.15, 0.2) is 0 Å². The van der Waals surface area contributed by atoms with Crippen LogP contribution in [0.3, 0.4) is 0 Å². The Morgan fingerprint density at radius 2 is 1.80 bits per heavy atom. The number of esters is 1. The summed E-state index contributed by atoms with van der Waals surface area (Å²) in [7, 11) is 0. The van der Waals surface area contributed by atoms with Gasteiger partial charge in [0.25, 0.3) is 5.91 Å². The van der Waals surface area contributed by atoms with E-state index in [4.69, 9.17) is 4.74 Å². The zero-order valence-corrected chi connectivity index (χ0v) is 14.6. The van der Waals surface area contributed by atoms with Crippen molar-refractivity contribution in [3.8, 4) is 0 Å². The molecule has 2 heterocycles. The van der Waals surface area contributed by atoms with Crippen LogP contribution in [-0.2, 0) is 25.5 Å². The van der Waals surface area contributed by atoms with Gasteiger partial charge in [0.05, 0.1) is 31.2 Å². The number of likely N-dealkylation sites (tertiary alicyclic amines) is 1. The first-order valence-corrected chi connectivity index (χ1v) is 8.95. The van der Waals surface area contributed by atoms with Crippen molar-refractivity contribution in [3.63, 3.8) is 0 Å². The summed E-state index contributed by atoms with van der Waals surface area (Å²) in [6, 6.07) is 6.65. The summed E-state index contributed by atoms with van der Waals surface area (Å²) in [4.78, 5) is 40.1. The number of amides is 2. The van der Waals surface area contributed by atoms with E-state index in [1.807, 2.05) is 0 Å². The quantitative estimate of drug-likeness (QED) is 0.603. The minimum Gasteiger partial charge on any atom is -0.466 e. The molecule has 1 aromatic carbocycles. The highest BCUT2D eigenvalue weighted by molar-refractivity contribution is 6.22. The number of rotatable bonds is 5. The van der Waals surface area contributed by atoms with Crippen molar-refractivity contribution >= 4 is 23.5 Å². The average molecular weight is 344 g/mol. The molecule has 25 heavy (non-hydrogen) atoms. The molecule has 0 saturated carbocycles. The minimum absolute atomic E-state index is 0.134. The van der Waals surface area contributed by atoms with Gasteiger partial charge in [-0.25, -0.2) is 4.90 Å². The Kier molecular flexibility index (Phi) is 5.48. The second kappa shape index (κ2) is 7.78. The molecule has 0 spiro atoms. The zero-order chi connectivity index (χ0) is 17.8. The minimum atomic E-state index is -0.327. The molecule has 0 bridgehead atoms. The van der Waals surface area contributed by atoms with E-state index < -0.39 is 0 Å². The lowest BCUT2D eigenvalue weighted by Crippen LogP contribution is -2.44. The van der Waals surface area contributed by atoms with Crippen molar-refractivity contribution in [1.82, 2.24) is 4.90 Å². The Morgan fingerprint density at radius 1 is 1.12 bits per heavy atom.